The van der Waals surface area contributed by atoms with E-state index in [2.05, 4.69) is 10.5 Å². The standard InChI is InChI=1S/C23H21Cl2N3O5S/c1-33-22-12-17(4-11-21(22)29)13-26-27-23(30)15-28(14-16-2-5-18(24)6-3-16)34(31,32)20-9-7-19(25)8-10-20/h2-13,29H,14-15H2,1H3,(H,27,30)/b26-13-. The Morgan fingerprint density at radius 3 is 2.29 bits per heavy atom. The van der Waals surface area contributed by atoms with Gasteiger partial charge >= 0.3 is 0 Å². The summed E-state index contributed by atoms with van der Waals surface area (Å²) in [5.41, 5.74) is 3.52. The number of nitrogens with one attached hydrogen (secondary N) is 1. The summed E-state index contributed by atoms with van der Waals surface area (Å²) in [6, 6.07) is 16.9. The Hall–Kier alpha value is -3.11. The topological polar surface area (TPSA) is 108 Å². The van der Waals surface area contributed by atoms with Gasteiger partial charge in [-0.25, -0.2) is 13.8 Å². The lowest BCUT2D eigenvalue weighted by Gasteiger charge is -2.21. The first-order valence-electron chi connectivity index (χ1n) is 9.88. The molecule has 0 saturated carbocycles. The van der Waals surface area contributed by atoms with Crippen molar-refractivity contribution in [2.75, 3.05) is 13.7 Å². The second-order valence-electron chi connectivity index (χ2n) is 7.08. The lowest BCUT2D eigenvalue weighted by atomic mass is 10.2. The van der Waals surface area contributed by atoms with E-state index in [-0.39, 0.29) is 22.9 Å². The quantitative estimate of drug-likeness (QED) is 0.326. The Bertz CT molecular complexity index is 1280. The molecule has 8 nitrogen and oxygen atoms in total. The van der Waals surface area contributed by atoms with E-state index in [9.17, 15) is 18.3 Å². The van der Waals surface area contributed by atoms with Gasteiger partial charge in [0.05, 0.1) is 24.8 Å². The number of sulfonamides is 1. The minimum Gasteiger partial charge on any atom is -0.504 e. The van der Waals surface area contributed by atoms with Crippen molar-refractivity contribution in [3.63, 3.8) is 0 Å². The largest absolute Gasteiger partial charge is 0.504 e. The molecule has 3 aromatic rings. The Balaban J connectivity index is 1.78. The van der Waals surface area contributed by atoms with E-state index in [1.165, 1.54) is 49.7 Å². The number of hydrazone groups is 1. The van der Waals surface area contributed by atoms with Gasteiger partial charge in [0, 0.05) is 16.6 Å². The third-order valence-corrected chi connectivity index (χ3v) is 6.96. The Morgan fingerprint density at radius 1 is 1.06 bits per heavy atom. The molecule has 0 aliphatic heterocycles. The molecular formula is C23H21Cl2N3O5S. The van der Waals surface area contributed by atoms with E-state index >= 15 is 0 Å². The molecule has 11 heteroatoms. The molecule has 0 bridgehead atoms. The summed E-state index contributed by atoms with van der Waals surface area (Å²) in [6.07, 6.45) is 1.34. The van der Waals surface area contributed by atoms with Crippen molar-refractivity contribution in [2.45, 2.75) is 11.4 Å². The molecule has 0 unspecified atom stereocenters. The Morgan fingerprint density at radius 2 is 1.68 bits per heavy atom. The van der Waals surface area contributed by atoms with E-state index in [0.29, 0.717) is 21.2 Å². The zero-order valence-electron chi connectivity index (χ0n) is 18.0. The molecule has 3 rings (SSSR count). The number of carbonyl (C=O) groups excluding carboxylic acids is 1. The Kier molecular flexibility index (Phi) is 8.51. The van der Waals surface area contributed by atoms with Gasteiger partial charge < -0.3 is 9.84 Å². The van der Waals surface area contributed by atoms with Crippen molar-refractivity contribution in [2.24, 2.45) is 5.10 Å². The molecule has 0 heterocycles. The monoisotopic (exact) mass is 521 g/mol. The fourth-order valence-corrected chi connectivity index (χ4v) is 4.56. The maximum Gasteiger partial charge on any atom is 0.255 e. The second kappa shape index (κ2) is 11.3. The summed E-state index contributed by atoms with van der Waals surface area (Å²) in [5, 5.41) is 14.4. The minimum absolute atomic E-state index is 0.00152. The molecule has 0 aliphatic rings. The number of carbonyl (C=O) groups is 1. The number of phenolic OH excluding ortho intramolecular Hbond substituents is 1. The number of amides is 1. The maximum absolute atomic E-state index is 13.2. The number of nitrogens with zero attached hydrogens (tertiary/aromatic N) is 2. The van der Waals surface area contributed by atoms with Gasteiger partial charge in [-0.2, -0.15) is 9.41 Å². The highest BCUT2D eigenvalue weighted by atomic mass is 35.5. The molecular weight excluding hydrogens is 501 g/mol. The van der Waals surface area contributed by atoms with Crippen molar-refractivity contribution in [3.8, 4) is 11.5 Å². The zero-order chi connectivity index (χ0) is 24.7. The van der Waals surface area contributed by atoms with E-state index in [4.69, 9.17) is 27.9 Å². The number of ether oxygens (including phenoxy) is 1. The highest BCUT2D eigenvalue weighted by Crippen LogP contribution is 2.25. The van der Waals surface area contributed by atoms with E-state index in [0.717, 1.165) is 4.31 Å². The van der Waals surface area contributed by atoms with Crippen LogP contribution in [0.4, 0.5) is 0 Å². The summed E-state index contributed by atoms with van der Waals surface area (Å²) >= 11 is 11.8. The molecule has 0 fully saturated rings. The van der Waals surface area contributed by atoms with Gasteiger partial charge in [0.15, 0.2) is 11.5 Å². The molecule has 1 amide bonds. The third-order valence-electron chi connectivity index (χ3n) is 4.65. The summed E-state index contributed by atoms with van der Waals surface area (Å²) in [7, 11) is -2.62. The van der Waals surface area contributed by atoms with Crippen LogP contribution >= 0.6 is 23.2 Å². The highest BCUT2D eigenvalue weighted by Gasteiger charge is 2.27. The van der Waals surface area contributed by atoms with Gasteiger partial charge in [-0.15, -0.1) is 0 Å². The number of hydrogen-bond acceptors (Lipinski definition) is 6. The van der Waals surface area contributed by atoms with Crippen LogP contribution in [0, 0.1) is 0 Å². The van der Waals surface area contributed by atoms with E-state index in [1.54, 1.807) is 30.3 Å². The lowest BCUT2D eigenvalue weighted by Crippen LogP contribution is -2.39. The van der Waals surface area contributed by atoms with Crippen LogP contribution in [0.2, 0.25) is 10.0 Å². The SMILES string of the molecule is COc1cc(/C=N\NC(=O)CN(Cc2ccc(Cl)cc2)S(=O)(=O)c2ccc(Cl)cc2)ccc1O. The number of phenols is 1. The average molecular weight is 522 g/mol. The molecule has 178 valence electrons. The van der Waals surface area contributed by atoms with Crippen LogP contribution in [-0.4, -0.2) is 43.6 Å². The number of methoxy groups -OCH3 is 1. The van der Waals surface area contributed by atoms with Crippen LogP contribution in [0.1, 0.15) is 11.1 Å². The van der Waals surface area contributed by atoms with Crippen LogP contribution in [0.3, 0.4) is 0 Å². The highest BCUT2D eigenvalue weighted by molar-refractivity contribution is 7.89. The van der Waals surface area contributed by atoms with Gasteiger partial charge in [-0.05, 0) is 65.7 Å². The maximum atomic E-state index is 13.2. The van der Waals surface area contributed by atoms with Crippen LogP contribution in [0.5, 0.6) is 11.5 Å². The molecule has 0 spiro atoms. The van der Waals surface area contributed by atoms with Crippen molar-refractivity contribution in [1.82, 2.24) is 9.73 Å². The summed E-state index contributed by atoms with van der Waals surface area (Å²) < 4.78 is 32.6. The molecule has 0 radical (unpaired) electrons. The first-order chi connectivity index (χ1) is 16.2. The molecule has 0 atom stereocenters. The number of aromatic hydroxyl groups is 1. The first-order valence-corrected chi connectivity index (χ1v) is 12.1. The number of benzene rings is 3. The molecule has 3 aromatic carbocycles. The first kappa shape index (κ1) is 25.5. The van der Waals surface area contributed by atoms with Crippen LogP contribution in [0.25, 0.3) is 0 Å². The second-order valence-corrected chi connectivity index (χ2v) is 9.89. The Labute approximate surface area is 207 Å². The van der Waals surface area contributed by atoms with Crippen LogP contribution < -0.4 is 10.2 Å². The van der Waals surface area contributed by atoms with Crippen LogP contribution in [0.15, 0.2) is 76.7 Å². The summed E-state index contributed by atoms with van der Waals surface area (Å²) in [4.78, 5) is 12.6. The third kappa shape index (κ3) is 6.71. The smallest absolute Gasteiger partial charge is 0.255 e. The predicted molar refractivity (Wildman–Crippen MR) is 131 cm³/mol. The summed E-state index contributed by atoms with van der Waals surface area (Å²) in [5.74, 6) is -0.430. The van der Waals surface area contributed by atoms with Crippen molar-refractivity contribution in [1.29, 1.82) is 0 Å². The van der Waals surface area contributed by atoms with Gasteiger partial charge in [0.25, 0.3) is 5.91 Å². The normalized spacial score (nSPS) is 11.6. The van der Waals surface area contributed by atoms with Crippen LogP contribution in [-0.2, 0) is 21.4 Å². The molecule has 2 N–H and O–H groups in total. The van der Waals surface area contributed by atoms with E-state index < -0.39 is 22.5 Å². The van der Waals surface area contributed by atoms with E-state index in [1.807, 2.05) is 0 Å². The minimum atomic E-state index is -4.03. The van der Waals surface area contributed by atoms with Crippen molar-refractivity contribution < 1.29 is 23.1 Å². The number of rotatable bonds is 9. The number of halogens is 2. The summed E-state index contributed by atoms with van der Waals surface area (Å²) in [6.45, 7) is -0.543. The van der Waals surface area contributed by atoms with Gasteiger partial charge in [0.1, 0.15) is 0 Å². The number of hydrogen-bond donors (Lipinski definition) is 2. The predicted octanol–water partition coefficient (Wildman–Crippen LogP) is 4.05. The fourth-order valence-electron chi connectivity index (χ4n) is 2.92. The molecule has 34 heavy (non-hydrogen) atoms. The van der Waals surface area contributed by atoms with Crippen molar-refractivity contribution in [3.05, 3.63) is 87.9 Å². The molecule has 0 aliphatic carbocycles. The van der Waals surface area contributed by atoms with Gasteiger partial charge in [-0.3, -0.25) is 4.79 Å². The zero-order valence-corrected chi connectivity index (χ0v) is 20.3. The van der Waals surface area contributed by atoms with Gasteiger partial charge in [0.2, 0.25) is 10.0 Å². The molecule has 0 saturated heterocycles. The van der Waals surface area contributed by atoms with Crippen molar-refractivity contribution >= 4 is 45.3 Å². The lowest BCUT2D eigenvalue weighted by molar-refractivity contribution is -0.121. The average Bonchev–Trinajstić information content (AvgIpc) is 2.81. The van der Waals surface area contributed by atoms with Gasteiger partial charge in [-0.1, -0.05) is 35.3 Å². The fraction of sp³-hybridized carbons (Fsp3) is 0.130. The molecule has 0 aromatic heterocycles.